The summed E-state index contributed by atoms with van der Waals surface area (Å²) in [6.07, 6.45) is 0.720. The van der Waals surface area contributed by atoms with Crippen LogP contribution in [-0.2, 0) is 13.0 Å². The molecule has 0 fully saturated rings. The van der Waals surface area contributed by atoms with Gasteiger partial charge in [-0.25, -0.2) is 0 Å². The summed E-state index contributed by atoms with van der Waals surface area (Å²) in [6.45, 7) is 7.88. The van der Waals surface area contributed by atoms with Crippen LogP contribution in [0.25, 0.3) is 10.9 Å². The molecular formula is C21H23ClN2O. The molecule has 1 amide bonds. The van der Waals surface area contributed by atoms with Crippen molar-refractivity contribution in [2.75, 3.05) is 6.54 Å². The number of aryl methyl sites for hydroxylation is 2. The number of fused-ring (bicyclic) bond motifs is 1. The van der Waals surface area contributed by atoms with Gasteiger partial charge in [0.05, 0.1) is 0 Å². The van der Waals surface area contributed by atoms with Crippen LogP contribution in [0.2, 0.25) is 5.02 Å². The maximum Gasteiger partial charge on any atom is 0.251 e. The summed E-state index contributed by atoms with van der Waals surface area (Å²) in [4.78, 5) is 12.5. The molecule has 1 aromatic heterocycles. The van der Waals surface area contributed by atoms with Gasteiger partial charge < -0.3 is 9.88 Å². The summed E-state index contributed by atoms with van der Waals surface area (Å²) < 4.78 is 2.28. The van der Waals surface area contributed by atoms with Gasteiger partial charge in [0, 0.05) is 40.3 Å². The van der Waals surface area contributed by atoms with Gasteiger partial charge in [0.2, 0.25) is 0 Å². The highest BCUT2D eigenvalue weighted by atomic mass is 35.5. The molecule has 0 aliphatic carbocycles. The second-order valence-corrected chi connectivity index (χ2v) is 6.69. The van der Waals surface area contributed by atoms with Crippen LogP contribution in [0, 0.1) is 13.8 Å². The van der Waals surface area contributed by atoms with Gasteiger partial charge in [0.25, 0.3) is 5.91 Å². The molecule has 130 valence electrons. The minimum Gasteiger partial charge on any atom is -0.352 e. The first-order valence-corrected chi connectivity index (χ1v) is 9.01. The predicted molar refractivity (Wildman–Crippen MR) is 105 cm³/mol. The molecule has 0 radical (unpaired) electrons. The molecule has 0 aliphatic heterocycles. The Morgan fingerprint density at radius 3 is 2.64 bits per heavy atom. The molecule has 0 saturated carbocycles. The Bertz CT molecular complexity index is 927. The van der Waals surface area contributed by atoms with Crippen molar-refractivity contribution in [3.8, 4) is 0 Å². The maximum absolute atomic E-state index is 12.5. The highest BCUT2D eigenvalue weighted by Gasteiger charge is 2.13. The zero-order valence-electron chi connectivity index (χ0n) is 14.9. The third-order valence-corrected chi connectivity index (χ3v) is 5.22. The smallest absolute Gasteiger partial charge is 0.251 e. The molecule has 3 rings (SSSR count). The molecule has 0 saturated heterocycles. The number of nitrogens with one attached hydrogen (secondary N) is 1. The van der Waals surface area contributed by atoms with Crippen molar-refractivity contribution in [3.05, 3.63) is 69.9 Å². The minimum absolute atomic E-state index is 0.0461. The van der Waals surface area contributed by atoms with E-state index >= 15 is 0 Å². The van der Waals surface area contributed by atoms with Gasteiger partial charge in [-0.2, -0.15) is 0 Å². The van der Waals surface area contributed by atoms with Gasteiger partial charge in [-0.1, -0.05) is 29.8 Å². The fraction of sp³-hybridized carbons (Fsp3) is 0.286. The minimum atomic E-state index is -0.0461. The van der Waals surface area contributed by atoms with Gasteiger partial charge in [0.1, 0.15) is 0 Å². The van der Waals surface area contributed by atoms with Crippen LogP contribution in [-0.4, -0.2) is 17.0 Å². The molecule has 4 heteroatoms. The van der Waals surface area contributed by atoms with Crippen molar-refractivity contribution < 1.29 is 4.79 Å². The lowest BCUT2D eigenvalue weighted by atomic mass is 10.1. The normalized spacial score (nSPS) is 11.0. The van der Waals surface area contributed by atoms with E-state index in [4.69, 9.17) is 11.6 Å². The Morgan fingerprint density at radius 2 is 1.92 bits per heavy atom. The third-order valence-electron chi connectivity index (χ3n) is 4.86. The quantitative estimate of drug-likeness (QED) is 0.694. The zero-order chi connectivity index (χ0) is 18.0. The second-order valence-electron chi connectivity index (χ2n) is 6.28. The van der Waals surface area contributed by atoms with Crippen molar-refractivity contribution in [2.45, 2.75) is 33.7 Å². The van der Waals surface area contributed by atoms with Gasteiger partial charge in [-0.15, -0.1) is 0 Å². The Hall–Kier alpha value is -2.26. The monoisotopic (exact) mass is 354 g/mol. The predicted octanol–water partition coefficient (Wildman–Crippen LogP) is 4.90. The number of hydrogen-bond donors (Lipinski definition) is 1. The number of carbonyl (C=O) groups is 1. The Labute approximate surface area is 153 Å². The van der Waals surface area contributed by atoms with E-state index < -0.39 is 0 Å². The summed E-state index contributed by atoms with van der Waals surface area (Å²) in [5.41, 5.74) is 5.43. The van der Waals surface area contributed by atoms with Crippen molar-refractivity contribution in [2.24, 2.45) is 0 Å². The third kappa shape index (κ3) is 3.42. The maximum atomic E-state index is 12.5. The van der Waals surface area contributed by atoms with Crippen molar-refractivity contribution >= 4 is 28.4 Å². The molecule has 3 aromatic rings. The standard InChI is InChI=1S/C21H23ClN2O/c1-4-24-15(3)14(2)18-13-17(9-10-20(18)24)21(25)23-12-11-16-7-5-6-8-19(16)22/h5-10,13H,4,11-12H2,1-3H3,(H,23,25). The lowest BCUT2D eigenvalue weighted by molar-refractivity contribution is 0.0954. The molecule has 0 aliphatic rings. The van der Waals surface area contributed by atoms with Crippen molar-refractivity contribution in [1.82, 2.24) is 9.88 Å². The number of amides is 1. The van der Waals surface area contributed by atoms with Crippen LogP contribution in [0.3, 0.4) is 0 Å². The highest BCUT2D eigenvalue weighted by Crippen LogP contribution is 2.26. The number of aromatic nitrogens is 1. The number of benzene rings is 2. The largest absolute Gasteiger partial charge is 0.352 e. The Balaban J connectivity index is 1.74. The van der Waals surface area contributed by atoms with E-state index in [1.54, 1.807) is 0 Å². The molecule has 25 heavy (non-hydrogen) atoms. The summed E-state index contributed by atoms with van der Waals surface area (Å²) in [7, 11) is 0. The first-order chi connectivity index (χ1) is 12.0. The van der Waals surface area contributed by atoms with Gasteiger partial charge in [0.15, 0.2) is 0 Å². The molecule has 2 aromatic carbocycles. The molecule has 1 N–H and O–H groups in total. The molecule has 3 nitrogen and oxygen atoms in total. The van der Waals surface area contributed by atoms with Crippen LogP contribution < -0.4 is 5.32 Å². The van der Waals surface area contributed by atoms with Gasteiger partial charge in [-0.05, 0) is 62.6 Å². The zero-order valence-corrected chi connectivity index (χ0v) is 15.7. The van der Waals surface area contributed by atoms with Gasteiger partial charge >= 0.3 is 0 Å². The van der Waals surface area contributed by atoms with E-state index in [9.17, 15) is 4.79 Å². The molecule has 0 bridgehead atoms. The van der Waals surface area contributed by atoms with E-state index in [0.29, 0.717) is 12.1 Å². The first-order valence-electron chi connectivity index (χ1n) is 8.64. The summed E-state index contributed by atoms with van der Waals surface area (Å²) >= 11 is 6.16. The SMILES string of the molecule is CCn1c(C)c(C)c2cc(C(=O)NCCc3ccccc3Cl)ccc21. The molecule has 0 atom stereocenters. The first kappa shape index (κ1) is 17.6. The molecule has 1 heterocycles. The van der Waals surface area contributed by atoms with Crippen LogP contribution in [0.4, 0.5) is 0 Å². The lowest BCUT2D eigenvalue weighted by Gasteiger charge is -2.08. The van der Waals surface area contributed by atoms with E-state index in [1.165, 1.54) is 16.8 Å². The summed E-state index contributed by atoms with van der Waals surface area (Å²) in [6, 6.07) is 13.7. The van der Waals surface area contributed by atoms with Crippen LogP contribution in [0.5, 0.6) is 0 Å². The van der Waals surface area contributed by atoms with Crippen molar-refractivity contribution in [3.63, 3.8) is 0 Å². The summed E-state index contributed by atoms with van der Waals surface area (Å²) in [5.74, 6) is -0.0461. The molecular weight excluding hydrogens is 332 g/mol. The van der Waals surface area contributed by atoms with Crippen LogP contribution in [0.1, 0.15) is 34.1 Å². The van der Waals surface area contributed by atoms with Gasteiger partial charge in [-0.3, -0.25) is 4.79 Å². The summed E-state index contributed by atoms with van der Waals surface area (Å²) in [5, 5.41) is 4.88. The molecule has 0 unspecified atom stereocenters. The number of rotatable bonds is 5. The van der Waals surface area contributed by atoms with E-state index in [0.717, 1.165) is 28.9 Å². The Kier molecular flexibility index (Phi) is 5.14. The fourth-order valence-electron chi connectivity index (χ4n) is 3.31. The number of hydrogen-bond acceptors (Lipinski definition) is 1. The second kappa shape index (κ2) is 7.32. The average molecular weight is 355 g/mol. The van der Waals surface area contributed by atoms with E-state index in [2.05, 4.69) is 30.7 Å². The molecule has 0 spiro atoms. The van der Waals surface area contributed by atoms with Crippen LogP contribution in [0.15, 0.2) is 42.5 Å². The average Bonchev–Trinajstić information content (AvgIpc) is 2.86. The van der Waals surface area contributed by atoms with E-state index in [1.807, 2.05) is 42.5 Å². The lowest BCUT2D eigenvalue weighted by Crippen LogP contribution is -2.25. The highest BCUT2D eigenvalue weighted by molar-refractivity contribution is 6.31. The van der Waals surface area contributed by atoms with Crippen LogP contribution >= 0.6 is 11.6 Å². The number of carbonyl (C=O) groups excluding carboxylic acids is 1. The van der Waals surface area contributed by atoms with Crippen molar-refractivity contribution in [1.29, 1.82) is 0 Å². The number of halogens is 1. The fourth-order valence-corrected chi connectivity index (χ4v) is 3.54. The Morgan fingerprint density at radius 1 is 1.16 bits per heavy atom. The van der Waals surface area contributed by atoms with E-state index in [-0.39, 0.29) is 5.91 Å². The number of nitrogens with zero attached hydrogens (tertiary/aromatic N) is 1. The topological polar surface area (TPSA) is 34.0 Å².